The van der Waals surface area contributed by atoms with Crippen LogP contribution in [0.4, 0.5) is 11.4 Å². The largest absolute Gasteiger partial charge is 0.368 e. The lowest BCUT2D eigenvalue weighted by atomic mass is 10.2. The summed E-state index contributed by atoms with van der Waals surface area (Å²) in [4.78, 5) is 48.0. The van der Waals surface area contributed by atoms with Crippen LogP contribution in [0.1, 0.15) is 12.8 Å². The molecule has 1 atom stereocenters. The summed E-state index contributed by atoms with van der Waals surface area (Å²) in [7, 11) is 0. The number of hydrogen-bond acceptors (Lipinski definition) is 5. The molecule has 0 aliphatic carbocycles. The van der Waals surface area contributed by atoms with Crippen LogP contribution in [0.15, 0.2) is 59.5 Å². The third-order valence-electron chi connectivity index (χ3n) is 6.58. The van der Waals surface area contributed by atoms with Crippen LogP contribution in [0.2, 0.25) is 0 Å². The number of para-hydroxylation sites is 2. The fourth-order valence-corrected chi connectivity index (χ4v) is 5.92. The maximum atomic E-state index is 13.4. The molecule has 8 heteroatoms. The fourth-order valence-electron chi connectivity index (χ4n) is 4.73. The molecular formula is C25H28N4O3S. The molecule has 0 bridgehead atoms. The maximum Gasteiger partial charge on any atom is 0.250 e. The normalized spacial score (nSPS) is 20.7. The molecule has 3 aliphatic heterocycles. The van der Waals surface area contributed by atoms with Crippen molar-refractivity contribution in [2.75, 3.05) is 55.6 Å². The van der Waals surface area contributed by atoms with Crippen molar-refractivity contribution in [2.45, 2.75) is 23.0 Å². The maximum absolute atomic E-state index is 13.4. The molecule has 2 aromatic carbocycles. The minimum absolute atomic E-state index is 0.0362. The predicted molar refractivity (Wildman–Crippen MR) is 129 cm³/mol. The van der Waals surface area contributed by atoms with Crippen LogP contribution in [0.25, 0.3) is 0 Å². The van der Waals surface area contributed by atoms with Crippen LogP contribution >= 0.6 is 11.8 Å². The third-order valence-corrected chi connectivity index (χ3v) is 7.82. The van der Waals surface area contributed by atoms with Gasteiger partial charge in [0.15, 0.2) is 5.25 Å². The number of hydrogen-bond donors (Lipinski definition) is 0. The van der Waals surface area contributed by atoms with Crippen molar-refractivity contribution in [2.24, 2.45) is 0 Å². The van der Waals surface area contributed by atoms with Gasteiger partial charge in [0.2, 0.25) is 11.8 Å². The van der Waals surface area contributed by atoms with E-state index in [4.69, 9.17) is 0 Å². The summed E-state index contributed by atoms with van der Waals surface area (Å²) in [6.07, 6.45) is 1.95. The van der Waals surface area contributed by atoms with Gasteiger partial charge >= 0.3 is 0 Å². The minimum Gasteiger partial charge on any atom is -0.368 e. The summed E-state index contributed by atoms with van der Waals surface area (Å²) in [5.74, 6) is -0.497. The molecule has 0 unspecified atom stereocenters. The van der Waals surface area contributed by atoms with Gasteiger partial charge in [-0.05, 0) is 37.1 Å². The van der Waals surface area contributed by atoms with Gasteiger partial charge in [0.1, 0.15) is 6.54 Å². The Balaban J connectivity index is 1.29. The lowest BCUT2D eigenvalue weighted by Gasteiger charge is -2.38. The molecule has 2 saturated heterocycles. The smallest absolute Gasteiger partial charge is 0.250 e. The molecule has 0 N–H and O–H groups in total. The Hall–Kier alpha value is -3.00. The van der Waals surface area contributed by atoms with E-state index in [1.54, 1.807) is 4.90 Å². The quantitative estimate of drug-likeness (QED) is 0.651. The second-order valence-electron chi connectivity index (χ2n) is 8.63. The van der Waals surface area contributed by atoms with Gasteiger partial charge in [-0.2, -0.15) is 0 Å². The number of fused-ring (bicyclic) bond motifs is 1. The summed E-state index contributed by atoms with van der Waals surface area (Å²) in [5.41, 5.74) is 1.87. The molecule has 3 heterocycles. The molecule has 3 aliphatic rings. The summed E-state index contributed by atoms with van der Waals surface area (Å²) in [6.45, 7) is 4.11. The lowest BCUT2D eigenvalue weighted by Crippen LogP contribution is -2.55. The van der Waals surface area contributed by atoms with Crippen molar-refractivity contribution in [3.63, 3.8) is 0 Å². The Morgan fingerprint density at radius 1 is 0.818 bits per heavy atom. The van der Waals surface area contributed by atoms with Crippen molar-refractivity contribution in [3.05, 3.63) is 54.6 Å². The number of carbonyl (C=O) groups excluding carboxylic acids is 3. The Morgan fingerprint density at radius 3 is 2.21 bits per heavy atom. The number of piperazine rings is 1. The number of anilines is 2. The second-order valence-corrected chi connectivity index (χ2v) is 9.77. The van der Waals surface area contributed by atoms with Gasteiger partial charge < -0.3 is 19.6 Å². The summed E-state index contributed by atoms with van der Waals surface area (Å²) >= 11 is 1.31. The second kappa shape index (κ2) is 9.47. The van der Waals surface area contributed by atoms with Gasteiger partial charge in [0, 0.05) is 49.9 Å². The van der Waals surface area contributed by atoms with E-state index in [2.05, 4.69) is 17.0 Å². The van der Waals surface area contributed by atoms with E-state index in [0.717, 1.165) is 36.5 Å². The molecule has 5 rings (SSSR count). The highest BCUT2D eigenvalue weighted by Gasteiger charge is 2.41. The molecule has 3 amide bonds. The topological polar surface area (TPSA) is 64.2 Å². The Kier molecular flexibility index (Phi) is 6.26. The van der Waals surface area contributed by atoms with Crippen LogP contribution in [0, 0.1) is 0 Å². The molecule has 0 aromatic heterocycles. The third kappa shape index (κ3) is 4.44. The monoisotopic (exact) mass is 464 g/mol. The summed E-state index contributed by atoms with van der Waals surface area (Å²) in [5, 5.41) is -0.819. The number of rotatable bonds is 4. The number of benzene rings is 2. The molecule has 33 heavy (non-hydrogen) atoms. The molecule has 172 valence electrons. The van der Waals surface area contributed by atoms with Gasteiger partial charge in [-0.25, -0.2) is 0 Å². The van der Waals surface area contributed by atoms with E-state index in [1.807, 2.05) is 47.4 Å². The zero-order chi connectivity index (χ0) is 22.8. The van der Waals surface area contributed by atoms with Gasteiger partial charge in [0.05, 0.1) is 5.69 Å². The Bertz CT molecular complexity index is 1030. The van der Waals surface area contributed by atoms with E-state index < -0.39 is 5.25 Å². The van der Waals surface area contributed by atoms with Crippen molar-refractivity contribution < 1.29 is 14.4 Å². The average molecular weight is 465 g/mol. The Labute approximate surface area is 198 Å². The number of thioether (sulfide) groups is 1. The number of nitrogens with zero attached hydrogens (tertiary/aromatic N) is 4. The first-order valence-electron chi connectivity index (χ1n) is 11.6. The summed E-state index contributed by atoms with van der Waals surface area (Å²) in [6, 6.07) is 17.7. The zero-order valence-electron chi connectivity index (χ0n) is 18.6. The average Bonchev–Trinajstić information content (AvgIpc) is 3.41. The van der Waals surface area contributed by atoms with E-state index in [9.17, 15) is 14.4 Å². The number of amides is 3. The van der Waals surface area contributed by atoms with Crippen molar-refractivity contribution in [1.82, 2.24) is 9.80 Å². The van der Waals surface area contributed by atoms with Crippen LogP contribution < -0.4 is 9.80 Å². The van der Waals surface area contributed by atoms with Gasteiger partial charge in [-0.15, -0.1) is 11.8 Å². The highest BCUT2D eigenvalue weighted by Crippen LogP contribution is 2.40. The van der Waals surface area contributed by atoms with Crippen LogP contribution in [0.5, 0.6) is 0 Å². The minimum atomic E-state index is -0.819. The molecule has 0 radical (unpaired) electrons. The van der Waals surface area contributed by atoms with Crippen molar-refractivity contribution in [1.29, 1.82) is 0 Å². The standard InChI is InChI=1S/C25H28N4O3S/c30-22(27-16-14-26(15-17-27)19-8-2-1-3-9-19)18-29-20-10-4-5-11-21(20)33-23(25(29)32)24(31)28-12-6-7-13-28/h1-5,8-11,23H,6-7,12-18H2/t23-/m0/s1. The van der Waals surface area contributed by atoms with Gasteiger partial charge in [0.25, 0.3) is 5.91 Å². The van der Waals surface area contributed by atoms with Crippen molar-refractivity contribution >= 4 is 40.9 Å². The number of carbonyl (C=O) groups is 3. The van der Waals surface area contributed by atoms with Gasteiger partial charge in [-0.3, -0.25) is 14.4 Å². The highest BCUT2D eigenvalue weighted by molar-refractivity contribution is 8.01. The first kappa shape index (κ1) is 21.8. The van der Waals surface area contributed by atoms with Crippen LogP contribution in [0.3, 0.4) is 0 Å². The summed E-state index contributed by atoms with van der Waals surface area (Å²) < 4.78 is 0. The Morgan fingerprint density at radius 2 is 1.48 bits per heavy atom. The molecule has 2 fully saturated rings. The molecule has 2 aromatic rings. The first-order valence-corrected chi connectivity index (χ1v) is 12.4. The van der Waals surface area contributed by atoms with E-state index >= 15 is 0 Å². The molecule has 7 nitrogen and oxygen atoms in total. The van der Waals surface area contributed by atoms with Crippen LogP contribution in [-0.2, 0) is 14.4 Å². The molecule has 0 saturated carbocycles. The lowest BCUT2D eigenvalue weighted by molar-refractivity contribution is -0.135. The number of likely N-dealkylation sites (tertiary alicyclic amines) is 1. The SMILES string of the molecule is O=C(CN1C(=O)[C@H](C(=O)N2CCCC2)Sc2ccccc21)N1CCN(c2ccccc2)CC1. The van der Waals surface area contributed by atoms with Crippen LogP contribution in [-0.4, -0.2) is 78.6 Å². The van der Waals surface area contributed by atoms with E-state index in [1.165, 1.54) is 16.7 Å². The van der Waals surface area contributed by atoms with Gasteiger partial charge in [-0.1, -0.05) is 30.3 Å². The fraction of sp³-hybridized carbons (Fsp3) is 0.400. The highest BCUT2D eigenvalue weighted by atomic mass is 32.2. The zero-order valence-corrected chi connectivity index (χ0v) is 19.4. The van der Waals surface area contributed by atoms with Crippen molar-refractivity contribution in [3.8, 4) is 0 Å². The first-order chi connectivity index (χ1) is 16.1. The van der Waals surface area contributed by atoms with E-state index in [-0.39, 0.29) is 24.3 Å². The van der Waals surface area contributed by atoms with E-state index in [0.29, 0.717) is 31.9 Å². The molecule has 0 spiro atoms. The predicted octanol–water partition coefficient (Wildman–Crippen LogP) is 2.47. The molecular weight excluding hydrogens is 436 g/mol.